The van der Waals surface area contributed by atoms with Gasteiger partial charge in [-0.25, -0.2) is 8.42 Å². The molecule has 3 rings (SSSR count). The quantitative estimate of drug-likeness (QED) is 0.750. The fourth-order valence-corrected chi connectivity index (χ4v) is 4.78. The summed E-state index contributed by atoms with van der Waals surface area (Å²) in [6.07, 6.45) is 0.867. The van der Waals surface area contributed by atoms with Crippen LogP contribution in [0.3, 0.4) is 0 Å². The number of fused-ring (bicyclic) bond motifs is 1. The zero-order chi connectivity index (χ0) is 21.2. The zero-order valence-electron chi connectivity index (χ0n) is 16.4. The Morgan fingerprint density at radius 2 is 1.97 bits per heavy atom. The molecule has 0 saturated heterocycles. The summed E-state index contributed by atoms with van der Waals surface area (Å²) in [6, 6.07) is 9.97. The number of carbonyl (C=O) groups excluding carboxylic acids is 2. The molecule has 0 saturated carbocycles. The molecule has 0 spiro atoms. The second-order valence-electron chi connectivity index (χ2n) is 6.97. The van der Waals surface area contributed by atoms with Crippen molar-refractivity contribution in [2.45, 2.75) is 38.0 Å². The van der Waals surface area contributed by atoms with Crippen LogP contribution < -0.4 is 10.2 Å². The summed E-state index contributed by atoms with van der Waals surface area (Å²) < 4.78 is 25.4. The van der Waals surface area contributed by atoms with Gasteiger partial charge in [-0.2, -0.15) is 0 Å². The Morgan fingerprint density at radius 3 is 2.69 bits per heavy atom. The third-order valence-electron chi connectivity index (χ3n) is 5.05. The number of anilines is 2. The number of rotatable bonds is 6. The van der Waals surface area contributed by atoms with Crippen LogP contribution in [0.25, 0.3) is 0 Å². The second-order valence-corrected chi connectivity index (χ2v) is 9.49. The van der Waals surface area contributed by atoms with Gasteiger partial charge in [0.25, 0.3) is 0 Å². The molecule has 29 heavy (non-hydrogen) atoms. The Hall–Kier alpha value is -2.38. The molecule has 2 aromatic rings. The highest BCUT2D eigenvalue weighted by Gasteiger charge is 2.26. The third kappa shape index (κ3) is 4.62. The van der Waals surface area contributed by atoms with E-state index >= 15 is 0 Å². The summed E-state index contributed by atoms with van der Waals surface area (Å²) in [5, 5.41) is 3.24. The van der Waals surface area contributed by atoms with Gasteiger partial charge in [0.1, 0.15) is 0 Å². The van der Waals surface area contributed by atoms with Gasteiger partial charge in [0.15, 0.2) is 9.84 Å². The van der Waals surface area contributed by atoms with Crippen molar-refractivity contribution in [3.63, 3.8) is 0 Å². The Balaban J connectivity index is 1.68. The number of halogens is 1. The van der Waals surface area contributed by atoms with Crippen molar-refractivity contribution in [2.75, 3.05) is 22.5 Å². The van der Waals surface area contributed by atoms with Crippen LogP contribution in [0.4, 0.5) is 11.4 Å². The van der Waals surface area contributed by atoms with E-state index in [1.54, 1.807) is 49.1 Å². The number of nitrogens with one attached hydrogen (secondary N) is 1. The molecule has 8 heteroatoms. The minimum Gasteiger partial charge on any atom is -0.326 e. The van der Waals surface area contributed by atoms with E-state index in [1.165, 1.54) is 6.07 Å². The Kier molecular flexibility index (Phi) is 6.29. The second kappa shape index (κ2) is 8.55. The van der Waals surface area contributed by atoms with E-state index in [4.69, 9.17) is 11.6 Å². The molecule has 1 N–H and O–H groups in total. The average Bonchev–Trinajstić information content (AvgIpc) is 3.13. The standard InChI is InChI=1S/C21H23ClN2O4S/c1-3-21(26)24-11-9-15-13-16(7-8-19(15)24)29(27,28)12-10-20(25)23-18-6-4-5-17(22)14(18)2/h4-8,13H,3,9-12H2,1-2H3,(H,23,25). The van der Waals surface area contributed by atoms with Crippen molar-refractivity contribution in [1.82, 2.24) is 0 Å². The lowest BCUT2D eigenvalue weighted by Gasteiger charge is -2.16. The van der Waals surface area contributed by atoms with Crippen molar-refractivity contribution in [3.8, 4) is 0 Å². The number of hydrogen-bond acceptors (Lipinski definition) is 4. The van der Waals surface area contributed by atoms with Gasteiger partial charge in [0.05, 0.1) is 10.6 Å². The lowest BCUT2D eigenvalue weighted by molar-refractivity contribution is -0.118. The molecule has 2 amide bonds. The molecular weight excluding hydrogens is 412 g/mol. The largest absolute Gasteiger partial charge is 0.326 e. The Bertz CT molecular complexity index is 1070. The van der Waals surface area contributed by atoms with Crippen LogP contribution in [0.15, 0.2) is 41.3 Å². The first-order valence-electron chi connectivity index (χ1n) is 9.44. The molecule has 1 heterocycles. The predicted molar refractivity (Wildman–Crippen MR) is 114 cm³/mol. The number of amides is 2. The van der Waals surface area contributed by atoms with E-state index in [2.05, 4.69) is 5.32 Å². The molecule has 0 radical (unpaired) electrons. The van der Waals surface area contributed by atoms with Gasteiger partial charge in [-0.3, -0.25) is 9.59 Å². The number of hydrogen-bond donors (Lipinski definition) is 1. The van der Waals surface area contributed by atoms with Crippen molar-refractivity contribution in [2.24, 2.45) is 0 Å². The summed E-state index contributed by atoms with van der Waals surface area (Å²) in [7, 11) is -3.62. The third-order valence-corrected chi connectivity index (χ3v) is 7.17. The molecule has 6 nitrogen and oxygen atoms in total. The number of sulfone groups is 1. The maximum Gasteiger partial charge on any atom is 0.226 e. The highest BCUT2D eigenvalue weighted by atomic mass is 35.5. The van der Waals surface area contributed by atoms with Crippen LogP contribution in [0.2, 0.25) is 5.02 Å². The van der Waals surface area contributed by atoms with Crippen LogP contribution in [-0.4, -0.2) is 32.5 Å². The van der Waals surface area contributed by atoms with Crippen LogP contribution >= 0.6 is 11.6 Å². The first kappa shape index (κ1) is 21.3. The molecule has 154 valence electrons. The van der Waals surface area contributed by atoms with Gasteiger partial charge in [-0.05, 0) is 54.8 Å². The van der Waals surface area contributed by atoms with Crippen LogP contribution in [0.5, 0.6) is 0 Å². The van der Waals surface area contributed by atoms with Crippen molar-refractivity contribution in [3.05, 3.63) is 52.5 Å². The van der Waals surface area contributed by atoms with Crippen molar-refractivity contribution >= 4 is 44.6 Å². The average molecular weight is 435 g/mol. The minimum atomic E-state index is -3.62. The molecule has 0 aliphatic carbocycles. The monoisotopic (exact) mass is 434 g/mol. The molecule has 0 atom stereocenters. The van der Waals surface area contributed by atoms with E-state index in [0.29, 0.717) is 30.1 Å². The Morgan fingerprint density at radius 1 is 1.21 bits per heavy atom. The molecule has 0 unspecified atom stereocenters. The zero-order valence-corrected chi connectivity index (χ0v) is 17.9. The van der Waals surface area contributed by atoms with Gasteiger partial charge >= 0.3 is 0 Å². The van der Waals surface area contributed by atoms with Crippen LogP contribution in [0, 0.1) is 6.92 Å². The summed E-state index contributed by atoms with van der Waals surface area (Å²) in [5.41, 5.74) is 2.91. The molecule has 2 aromatic carbocycles. The highest BCUT2D eigenvalue weighted by Crippen LogP contribution is 2.31. The van der Waals surface area contributed by atoms with Crippen molar-refractivity contribution < 1.29 is 18.0 Å². The lowest BCUT2D eigenvalue weighted by atomic mass is 10.2. The van der Waals surface area contributed by atoms with Gasteiger partial charge in [-0.1, -0.05) is 24.6 Å². The number of benzene rings is 2. The Labute approximate surface area is 175 Å². The fourth-order valence-electron chi connectivity index (χ4n) is 3.32. The molecule has 0 fully saturated rings. The van der Waals surface area contributed by atoms with E-state index in [-0.39, 0.29) is 28.9 Å². The maximum absolute atomic E-state index is 12.7. The minimum absolute atomic E-state index is 0.0207. The summed E-state index contributed by atoms with van der Waals surface area (Å²) in [5.74, 6) is -0.665. The van der Waals surface area contributed by atoms with Crippen LogP contribution in [-0.2, 0) is 25.8 Å². The van der Waals surface area contributed by atoms with Gasteiger partial charge < -0.3 is 10.2 Å². The normalized spacial score (nSPS) is 13.3. The summed E-state index contributed by atoms with van der Waals surface area (Å²) in [4.78, 5) is 26.1. The van der Waals surface area contributed by atoms with E-state index < -0.39 is 9.84 Å². The molecule has 1 aliphatic rings. The molecule has 0 aromatic heterocycles. The van der Waals surface area contributed by atoms with Crippen molar-refractivity contribution in [1.29, 1.82) is 0 Å². The predicted octanol–water partition coefficient (Wildman–Crippen LogP) is 3.75. The lowest BCUT2D eigenvalue weighted by Crippen LogP contribution is -2.27. The molecular formula is C21H23ClN2O4S. The SMILES string of the molecule is CCC(=O)N1CCc2cc(S(=O)(=O)CCC(=O)Nc3cccc(Cl)c3C)ccc21. The summed E-state index contributed by atoms with van der Waals surface area (Å²) >= 11 is 6.04. The topological polar surface area (TPSA) is 83.6 Å². The van der Waals surface area contributed by atoms with Gasteiger partial charge in [-0.15, -0.1) is 0 Å². The molecule has 0 bridgehead atoms. The fraction of sp³-hybridized carbons (Fsp3) is 0.333. The first-order chi connectivity index (χ1) is 13.7. The van der Waals surface area contributed by atoms with E-state index in [0.717, 1.165) is 16.8 Å². The smallest absolute Gasteiger partial charge is 0.226 e. The van der Waals surface area contributed by atoms with E-state index in [1.807, 2.05) is 0 Å². The first-order valence-corrected chi connectivity index (χ1v) is 11.5. The molecule has 1 aliphatic heterocycles. The van der Waals surface area contributed by atoms with Crippen LogP contribution in [0.1, 0.15) is 30.9 Å². The number of carbonyl (C=O) groups is 2. The number of nitrogens with zero attached hydrogens (tertiary/aromatic N) is 1. The highest BCUT2D eigenvalue weighted by molar-refractivity contribution is 7.91. The maximum atomic E-state index is 12.7. The van der Waals surface area contributed by atoms with Gasteiger partial charge in [0, 0.05) is 35.8 Å². The van der Waals surface area contributed by atoms with Gasteiger partial charge in [0.2, 0.25) is 11.8 Å². The van der Waals surface area contributed by atoms with E-state index in [9.17, 15) is 18.0 Å². The summed E-state index contributed by atoms with van der Waals surface area (Å²) in [6.45, 7) is 4.15.